The van der Waals surface area contributed by atoms with Gasteiger partial charge in [-0.3, -0.25) is 9.59 Å². The number of hydrogen-bond donors (Lipinski definition) is 2. The van der Waals surface area contributed by atoms with Crippen LogP contribution in [0.5, 0.6) is 0 Å². The number of primary amides is 1. The topological polar surface area (TPSA) is 85.1 Å². The third kappa shape index (κ3) is 3.27. The molecule has 0 atom stereocenters. The lowest BCUT2D eigenvalue weighted by Gasteiger charge is -2.12. The van der Waals surface area contributed by atoms with Crippen LogP contribution in [0.25, 0.3) is 0 Å². The zero-order valence-electron chi connectivity index (χ0n) is 13.0. The Morgan fingerprint density at radius 2 is 2.04 bits per heavy atom. The Bertz CT molecular complexity index is 748. The Kier molecular flexibility index (Phi) is 4.43. The van der Waals surface area contributed by atoms with Crippen LogP contribution in [-0.4, -0.2) is 16.8 Å². The average molecular weight is 329 g/mol. The van der Waals surface area contributed by atoms with Crippen LogP contribution in [0.3, 0.4) is 0 Å². The van der Waals surface area contributed by atoms with E-state index in [-0.39, 0.29) is 5.91 Å². The van der Waals surface area contributed by atoms with E-state index in [0.29, 0.717) is 22.0 Å². The zero-order valence-corrected chi connectivity index (χ0v) is 13.8. The molecule has 2 aromatic rings. The van der Waals surface area contributed by atoms with E-state index in [4.69, 9.17) is 5.73 Å². The maximum atomic E-state index is 12.6. The van der Waals surface area contributed by atoms with Crippen LogP contribution in [0.1, 0.15) is 62.9 Å². The quantitative estimate of drug-likeness (QED) is 0.900. The fourth-order valence-corrected chi connectivity index (χ4v) is 3.84. The molecule has 0 radical (unpaired) electrons. The smallest absolute Gasteiger partial charge is 0.267 e. The highest BCUT2D eigenvalue weighted by atomic mass is 32.1. The highest BCUT2D eigenvalue weighted by Gasteiger charge is 2.25. The molecule has 1 aromatic heterocycles. The molecule has 23 heavy (non-hydrogen) atoms. The Morgan fingerprint density at radius 1 is 1.30 bits per heavy atom. The van der Waals surface area contributed by atoms with Crippen LogP contribution in [0.2, 0.25) is 0 Å². The van der Waals surface area contributed by atoms with Crippen molar-refractivity contribution in [1.82, 2.24) is 4.98 Å². The summed E-state index contributed by atoms with van der Waals surface area (Å²) >= 11 is 1.34. The number of anilines is 1. The van der Waals surface area contributed by atoms with Crippen LogP contribution in [0, 0.1) is 6.92 Å². The van der Waals surface area contributed by atoms with E-state index in [9.17, 15) is 9.59 Å². The predicted molar refractivity (Wildman–Crippen MR) is 91.0 cm³/mol. The van der Waals surface area contributed by atoms with Crippen molar-refractivity contribution in [2.24, 2.45) is 5.73 Å². The van der Waals surface area contributed by atoms with Gasteiger partial charge in [-0.1, -0.05) is 18.9 Å². The van der Waals surface area contributed by atoms with Gasteiger partial charge in [-0.15, -0.1) is 11.3 Å². The lowest BCUT2D eigenvalue weighted by Crippen LogP contribution is -2.19. The first-order chi connectivity index (χ1) is 11.1. The number of nitrogens with zero attached hydrogens (tertiary/aromatic N) is 1. The van der Waals surface area contributed by atoms with Crippen molar-refractivity contribution in [1.29, 1.82) is 0 Å². The minimum absolute atomic E-state index is 0.220. The van der Waals surface area contributed by atoms with E-state index in [1.54, 1.807) is 23.7 Å². The molecule has 120 valence electrons. The second kappa shape index (κ2) is 6.50. The van der Waals surface area contributed by atoms with Crippen LogP contribution < -0.4 is 11.1 Å². The highest BCUT2D eigenvalue weighted by Crippen LogP contribution is 2.36. The third-order valence-corrected chi connectivity index (χ3v) is 5.07. The first-order valence-corrected chi connectivity index (χ1v) is 8.59. The molecule has 0 aliphatic heterocycles. The summed E-state index contributed by atoms with van der Waals surface area (Å²) < 4.78 is 0. The van der Waals surface area contributed by atoms with Crippen molar-refractivity contribution in [3.8, 4) is 0 Å². The molecular formula is C17H19N3O2S. The van der Waals surface area contributed by atoms with E-state index in [2.05, 4.69) is 10.3 Å². The number of rotatable bonds is 4. The second-order valence-electron chi connectivity index (χ2n) is 5.92. The molecule has 3 rings (SSSR count). The summed E-state index contributed by atoms with van der Waals surface area (Å²) in [4.78, 5) is 29.2. The number of hydrogen-bond acceptors (Lipinski definition) is 4. The second-order valence-corrected chi connectivity index (χ2v) is 6.77. The van der Waals surface area contributed by atoms with Crippen molar-refractivity contribution < 1.29 is 9.59 Å². The molecule has 5 nitrogen and oxygen atoms in total. The van der Waals surface area contributed by atoms with Gasteiger partial charge in [-0.05, 0) is 37.5 Å². The van der Waals surface area contributed by atoms with Crippen molar-refractivity contribution in [2.75, 3.05) is 5.32 Å². The molecule has 6 heteroatoms. The van der Waals surface area contributed by atoms with Gasteiger partial charge >= 0.3 is 0 Å². The number of benzene rings is 1. The standard InChI is InChI=1S/C17H19N3O2S/c1-10-6-7-12(16(18)21)13(8-10)20-17(22)15-14(19-9-23-15)11-4-2-3-5-11/h6-9,11H,2-5H2,1H3,(H2,18,21)(H,20,22). The fraction of sp³-hybridized carbons (Fsp3) is 0.353. The first kappa shape index (κ1) is 15.7. The Balaban J connectivity index is 1.87. The normalized spacial score (nSPS) is 14.8. The number of nitrogens with one attached hydrogen (secondary N) is 1. The number of carbonyl (C=O) groups is 2. The van der Waals surface area contributed by atoms with Crippen LogP contribution in [-0.2, 0) is 0 Å². The summed E-state index contributed by atoms with van der Waals surface area (Å²) in [5.41, 5.74) is 9.71. The van der Waals surface area contributed by atoms with Crippen molar-refractivity contribution >= 4 is 28.8 Å². The lowest BCUT2D eigenvalue weighted by atomic mass is 10.0. The minimum atomic E-state index is -0.555. The number of amides is 2. The number of aryl methyl sites for hydroxylation is 1. The monoisotopic (exact) mass is 329 g/mol. The summed E-state index contributed by atoms with van der Waals surface area (Å²) in [5.74, 6) is -0.404. The molecule has 3 N–H and O–H groups in total. The minimum Gasteiger partial charge on any atom is -0.366 e. The zero-order chi connectivity index (χ0) is 16.4. The largest absolute Gasteiger partial charge is 0.366 e. The Hall–Kier alpha value is -2.21. The van der Waals surface area contributed by atoms with Crippen molar-refractivity contribution in [3.63, 3.8) is 0 Å². The van der Waals surface area contributed by atoms with E-state index in [0.717, 1.165) is 24.1 Å². The van der Waals surface area contributed by atoms with Gasteiger partial charge in [0.05, 0.1) is 22.5 Å². The summed E-state index contributed by atoms with van der Waals surface area (Å²) in [6.07, 6.45) is 4.54. The summed E-state index contributed by atoms with van der Waals surface area (Å²) in [7, 11) is 0. The van der Waals surface area contributed by atoms with Gasteiger partial charge in [0.1, 0.15) is 4.88 Å². The molecule has 0 spiro atoms. The van der Waals surface area contributed by atoms with E-state index < -0.39 is 5.91 Å². The number of carbonyl (C=O) groups excluding carboxylic acids is 2. The van der Waals surface area contributed by atoms with Crippen LogP contribution in [0.4, 0.5) is 5.69 Å². The van der Waals surface area contributed by atoms with Gasteiger partial charge < -0.3 is 11.1 Å². The maximum Gasteiger partial charge on any atom is 0.267 e. The van der Waals surface area contributed by atoms with E-state index in [1.807, 2.05) is 6.92 Å². The first-order valence-electron chi connectivity index (χ1n) is 7.71. The number of aromatic nitrogens is 1. The molecule has 1 heterocycles. The van der Waals surface area contributed by atoms with Gasteiger partial charge in [0, 0.05) is 5.92 Å². The van der Waals surface area contributed by atoms with Gasteiger partial charge in [0.2, 0.25) is 0 Å². The molecule has 1 aliphatic carbocycles. The Labute approximate surface area is 138 Å². The Morgan fingerprint density at radius 3 is 2.74 bits per heavy atom. The predicted octanol–water partition coefficient (Wildman–Crippen LogP) is 3.46. The SMILES string of the molecule is Cc1ccc(C(N)=O)c(NC(=O)c2scnc2C2CCCC2)c1. The molecule has 1 saturated carbocycles. The summed E-state index contributed by atoms with van der Waals surface area (Å²) in [5, 5.41) is 2.83. The van der Waals surface area contributed by atoms with E-state index in [1.165, 1.54) is 24.2 Å². The number of thiazole rings is 1. The third-order valence-electron chi connectivity index (χ3n) is 4.23. The molecule has 2 amide bonds. The average Bonchev–Trinajstić information content (AvgIpc) is 3.18. The summed E-state index contributed by atoms with van der Waals surface area (Å²) in [6, 6.07) is 5.19. The lowest BCUT2D eigenvalue weighted by molar-refractivity contribution is 0.100. The summed E-state index contributed by atoms with van der Waals surface area (Å²) in [6.45, 7) is 1.90. The highest BCUT2D eigenvalue weighted by molar-refractivity contribution is 7.12. The molecule has 1 aromatic carbocycles. The number of nitrogens with two attached hydrogens (primary N) is 1. The molecule has 0 unspecified atom stereocenters. The van der Waals surface area contributed by atoms with Crippen molar-refractivity contribution in [2.45, 2.75) is 38.5 Å². The van der Waals surface area contributed by atoms with Gasteiger partial charge in [-0.25, -0.2) is 4.98 Å². The molecular weight excluding hydrogens is 310 g/mol. The molecule has 1 aliphatic rings. The molecule has 0 saturated heterocycles. The van der Waals surface area contributed by atoms with E-state index >= 15 is 0 Å². The molecule has 0 bridgehead atoms. The molecule has 1 fully saturated rings. The fourth-order valence-electron chi connectivity index (χ4n) is 3.07. The van der Waals surface area contributed by atoms with Crippen LogP contribution in [0.15, 0.2) is 23.7 Å². The maximum absolute atomic E-state index is 12.6. The van der Waals surface area contributed by atoms with Gasteiger partial charge in [0.25, 0.3) is 11.8 Å². The van der Waals surface area contributed by atoms with Gasteiger partial charge in [-0.2, -0.15) is 0 Å². The van der Waals surface area contributed by atoms with Crippen LogP contribution >= 0.6 is 11.3 Å². The van der Waals surface area contributed by atoms with Gasteiger partial charge in [0.15, 0.2) is 0 Å². The van der Waals surface area contributed by atoms with Crippen molar-refractivity contribution in [3.05, 3.63) is 45.4 Å².